The Hall–Kier alpha value is -1.52. The molecule has 2 unspecified atom stereocenters. The maximum absolute atomic E-state index is 13.0. The smallest absolute Gasteiger partial charge is 0.243 e. The Labute approximate surface area is 205 Å². The molecule has 2 heterocycles. The number of amides is 1. The van der Waals surface area contributed by atoms with Gasteiger partial charge in [-0.3, -0.25) is 9.69 Å². The number of hydrogen-bond donors (Lipinski definition) is 1. The van der Waals surface area contributed by atoms with Crippen molar-refractivity contribution in [3.05, 3.63) is 24.3 Å². The number of anilines is 1. The third-order valence-electron chi connectivity index (χ3n) is 6.51. The highest BCUT2D eigenvalue weighted by atomic mass is 32.2. The lowest BCUT2D eigenvalue weighted by Gasteiger charge is -2.34. The molecule has 2 aliphatic rings. The summed E-state index contributed by atoms with van der Waals surface area (Å²) in [4.78, 5) is 17.7. The molecule has 2 atom stereocenters. The van der Waals surface area contributed by atoms with Gasteiger partial charge in [-0.1, -0.05) is 13.8 Å². The van der Waals surface area contributed by atoms with Crippen LogP contribution in [0.4, 0.5) is 5.69 Å². The number of carbonyl (C=O) groups excluding carboxylic acids is 1. The first-order valence-electron chi connectivity index (χ1n) is 12.5. The Morgan fingerprint density at radius 2 is 1.71 bits per heavy atom. The first kappa shape index (κ1) is 27.1. The average molecular weight is 495 g/mol. The standard InChI is InChI=1S/C25H42N4O4S/c1-19(2)14-28(17-22-10-12-27(5)13-11-22)18-25(30)26-23-6-8-24(9-7-23)34(31,32)29-15-20(3)33-21(4)16-29/h6-9,19-22H,10-18H2,1-5H3,(H,26,30). The Kier molecular flexibility index (Phi) is 9.51. The van der Waals surface area contributed by atoms with Gasteiger partial charge in [0.2, 0.25) is 15.9 Å². The minimum atomic E-state index is -3.60. The number of nitrogens with zero attached hydrogens (tertiary/aromatic N) is 3. The minimum absolute atomic E-state index is 0.0694. The van der Waals surface area contributed by atoms with Gasteiger partial charge in [-0.05, 0) is 82.9 Å². The monoisotopic (exact) mass is 494 g/mol. The van der Waals surface area contributed by atoms with E-state index in [4.69, 9.17) is 4.74 Å². The predicted octanol–water partition coefficient (Wildman–Crippen LogP) is 2.72. The number of carbonyl (C=O) groups is 1. The summed E-state index contributed by atoms with van der Waals surface area (Å²) in [5, 5.41) is 2.95. The molecule has 1 N–H and O–H groups in total. The molecule has 0 aliphatic carbocycles. The number of ether oxygens (including phenoxy) is 1. The molecule has 2 saturated heterocycles. The fourth-order valence-corrected chi connectivity index (χ4v) is 6.51. The normalized spacial score (nSPS) is 23.5. The number of likely N-dealkylation sites (tertiary alicyclic amines) is 1. The van der Waals surface area contributed by atoms with E-state index in [1.807, 2.05) is 13.8 Å². The summed E-state index contributed by atoms with van der Waals surface area (Å²) in [6.07, 6.45) is 2.06. The van der Waals surface area contributed by atoms with E-state index >= 15 is 0 Å². The first-order chi connectivity index (χ1) is 16.0. The van der Waals surface area contributed by atoms with E-state index in [-0.39, 0.29) is 23.0 Å². The van der Waals surface area contributed by atoms with Crippen molar-refractivity contribution in [2.45, 2.75) is 57.6 Å². The largest absolute Gasteiger partial charge is 0.373 e. The van der Waals surface area contributed by atoms with Gasteiger partial charge in [-0.25, -0.2) is 8.42 Å². The molecule has 0 aromatic heterocycles. The molecule has 1 aromatic carbocycles. The summed E-state index contributed by atoms with van der Waals surface area (Å²) in [7, 11) is -1.44. The lowest BCUT2D eigenvalue weighted by Crippen LogP contribution is -2.48. The van der Waals surface area contributed by atoms with Crippen molar-refractivity contribution in [2.75, 3.05) is 58.2 Å². The van der Waals surface area contributed by atoms with Crippen LogP contribution in [-0.4, -0.2) is 93.5 Å². The van der Waals surface area contributed by atoms with Crippen LogP contribution in [0.1, 0.15) is 40.5 Å². The zero-order chi connectivity index (χ0) is 24.9. The maximum atomic E-state index is 13.0. The summed E-state index contributed by atoms with van der Waals surface area (Å²) in [5.74, 6) is 1.03. The second-order valence-corrected chi connectivity index (χ2v) is 12.4. The van der Waals surface area contributed by atoms with E-state index in [0.717, 1.165) is 26.2 Å². The van der Waals surface area contributed by atoms with Gasteiger partial charge in [0.05, 0.1) is 23.6 Å². The second kappa shape index (κ2) is 11.9. The number of rotatable bonds is 9. The first-order valence-corrected chi connectivity index (χ1v) is 13.9. The van der Waals surface area contributed by atoms with Crippen molar-refractivity contribution in [1.82, 2.24) is 14.1 Å². The maximum Gasteiger partial charge on any atom is 0.243 e. The summed E-state index contributed by atoms with van der Waals surface area (Å²) >= 11 is 0. The van der Waals surface area contributed by atoms with Crippen LogP contribution < -0.4 is 5.32 Å². The zero-order valence-electron chi connectivity index (χ0n) is 21.4. The van der Waals surface area contributed by atoms with E-state index in [2.05, 4.69) is 36.0 Å². The molecule has 0 spiro atoms. The molecule has 192 valence electrons. The van der Waals surface area contributed by atoms with E-state index in [1.54, 1.807) is 24.3 Å². The number of nitrogens with one attached hydrogen (secondary N) is 1. The van der Waals surface area contributed by atoms with Crippen LogP contribution in [0.15, 0.2) is 29.2 Å². The molecule has 0 radical (unpaired) electrons. The van der Waals surface area contributed by atoms with Crippen molar-refractivity contribution in [3.63, 3.8) is 0 Å². The molecule has 2 aliphatic heterocycles. The van der Waals surface area contributed by atoms with E-state index < -0.39 is 10.0 Å². The van der Waals surface area contributed by atoms with Crippen LogP contribution in [0, 0.1) is 11.8 Å². The van der Waals surface area contributed by atoms with Crippen LogP contribution in [0.3, 0.4) is 0 Å². The molecule has 0 saturated carbocycles. The highest BCUT2D eigenvalue weighted by Crippen LogP contribution is 2.23. The molecule has 2 fully saturated rings. The average Bonchev–Trinajstić information content (AvgIpc) is 2.74. The van der Waals surface area contributed by atoms with Gasteiger partial charge >= 0.3 is 0 Å². The molecule has 0 bridgehead atoms. The van der Waals surface area contributed by atoms with Gasteiger partial charge in [0.25, 0.3) is 0 Å². The SMILES string of the molecule is CC(C)CN(CC(=O)Nc1ccc(S(=O)(=O)N2CC(C)OC(C)C2)cc1)CC1CCN(C)CC1. The number of morpholine rings is 1. The Morgan fingerprint density at radius 1 is 1.12 bits per heavy atom. The third-order valence-corrected chi connectivity index (χ3v) is 8.35. The lowest BCUT2D eigenvalue weighted by molar-refractivity contribution is -0.117. The van der Waals surface area contributed by atoms with Crippen molar-refractivity contribution in [3.8, 4) is 0 Å². The molecule has 1 aromatic rings. The van der Waals surface area contributed by atoms with Crippen molar-refractivity contribution < 1.29 is 17.9 Å². The molecular formula is C25H42N4O4S. The Balaban J connectivity index is 1.58. The molecule has 1 amide bonds. The van der Waals surface area contributed by atoms with E-state index in [0.29, 0.717) is 37.2 Å². The van der Waals surface area contributed by atoms with Crippen molar-refractivity contribution in [2.24, 2.45) is 11.8 Å². The molecule has 8 nitrogen and oxygen atoms in total. The van der Waals surface area contributed by atoms with Gasteiger partial charge in [0.1, 0.15) is 0 Å². The number of piperidine rings is 1. The van der Waals surface area contributed by atoms with E-state index in [1.165, 1.54) is 17.1 Å². The van der Waals surface area contributed by atoms with Crippen LogP contribution in [0.2, 0.25) is 0 Å². The van der Waals surface area contributed by atoms with Crippen molar-refractivity contribution >= 4 is 21.6 Å². The van der Waals surface area contributed by atoms with Gasteiger partial charge in [0, 0.05) is 31.9 Å². The highest BCUT2D eigenvalue weighted by molar-refractivity contribution is 7.89. The van der Waals surface area contributed by atoms with Gasteiger partial charge < -0.3 is 15.0 Å². The predicted molar refractivity (Wildman–Crippen MR) is 135 cm³/mol. The second-order valence-electron chi connectivity index (χ2n) is 10.5. The highest BCUT2D eigenvalue weighted by Gasteiger charge is 2.32. The van der Waals surface area contributed by atoms with Crippen LogP contribution in [0.5, 0.6) is 0 Å². The molecule has 34 heavy (non-hydrogen) atoms. The van der Waals surface area contributed by atoms with Gasteiger partial charge in [0.15, 0.2) is 0 Å². The van der Waals surface area contributed by atoms with Crippen LogP contribution >= 0.6 is 0 Å². The fraction of sp³-hybridized carbons (Fsp3) is 0.720. The number of benzene rings is 1. The molecular weight excluding hydrogens is 452 g/mol. The lowest BCUT2D eigenvalue weighted by atomic mass is 9.96. The quantitative estimate of drug-likeness (QED) is 0.569. The van der Waals surface area contributed by atoms with Crippen molar-refractivity contribution in [1.29, 1.82) is 0 Å². The summed E-state index contributed by atoms with van der Waals surface area (Å²) in [6.45, 7) is 13.2. The topological polar surface area (TPSA) is 82.2 Å². The third kappa shape index (κ3) is 7.75. The zero-order valence-corrected chi connectivity index (χ0v) is 22.2. The summed E-state index contributed by atoms with van der Waals surface area (Å²) in [5.41, 5.74) is 0.608. The van der Waals surface area contributed by atoms with Crippen LogP contribution in [-0.2, 0) is 19.6 Å². The van der Waals surface area contributed by atoms with Crippen LogP contribution in [0.25, 0.3) is 0 Å². The molecule has 9 heteroatoms. The van der Waals surface area contributed by atoms with Gasteiger partial charge in [-0.15, -0.1) is 0 Å². The Bertz CT molecular complexity index is 888. The van der Waals surface area contributed by atoms with E-state index in [9.17, 15) is 13.2 Å². The number of hydrogen-bond acceptors (Lipinski definition) is 6. The molecule has 3 rings (SSSR count). The number of sulfonamides is 1. The minimum Gasteiger partial charge on any atom is -0.373 e. The summed E-state index contributed by atoms with van der Waals surface area (Å²) in [6, 6.07) is 6.48. The fourth-order valence-electron chi connectivity index (χ4n) is 4.92. The Morgan fingerprint density at radius 3 is 2.26 bits per heavy atom. The summed E-state index contributed by atoms with van der Waals surface area (Å²) < 4.78 is 33.2. The van der Waals surface area contributed by atoms with Gasteiger partial charge in [-0.2, -0.15) is 4.31 Å².